The van der Waals surface area contributed by atoms with Crippen LogP contribution in [0, 0.1) is 0 Å². The number of hydrogen-bond donors (Lipinski definition) is 3. The molecule has 2 unspecified atom stereocenters. The molecule has 1 aliphatic heterocycles. The predicted octanol–water partition coefficient (Wildman–Crippen LogP) is 1.64. The number of anilines is 1. The van der Waals surface area contributed by atoms with E-state index >= 15 is 0 Å². The Balaban J connectivity index is 1.87. The van der Waals surface area contributed by atoms with Crippen molar-refractivity contribution in [2.24, 2.45) is 4.99 Å². The molecule has 4 N–H and O–H groups in total. The molecule has 1 aliphatic carbocycles. The molecule has 17 heavy (non-hydrogen) atoms. The van der Waals surface area contributed by atoms with Gasteiger partial charge in [-0.2, -0.15) is 0 Å². The van der Waals surface area contributed by atoms with Crippen molar-refractivity contribution in [1.82, 2.24) is 5.32 Å². The van der Waals surface area contributed by atoms with Gasteiger partial charge in [-0.25, -0.2) is 0 Å². The largest absolute Gasteiger partial charge is 0.506 e. The Morgan fingerprint density at radius 1 is 1.29 bits per heavy atom. The highest BCUT2D eigenvalue weighted by Crippen LogP contribution is 2.27. The van der Waals surface area contributed by atoms with Gasteiger partial charge in [-0.3, -0.25) is 4.99 Å². The fraction of sp³-hybridized carbons (Fsp3) is 0.462. The molecule has 0 spiro atoms. The van der Waals surface area contributed by atoms with Crippen molar-refractivity contribution in [3.63, 3.8) is 0 Å². The summed E-state index contributed by atoms with van der Waals surface area (Å²) in [5.41, 5.74) is 6.92. The monoisotopic (exact) mass is 231 g/mol. The van der Waals surface area contributed by atoms with Gasteiger partial charge in [0.05, 0.1) is 11.7 Å². The van der Waals surface area contributed by atoms with Gasteiger partial charge in [0.25, 0.3) is 0 Å². The number of nitrogens with zero attached hydrogens (tertiary/aromatic N) is 1. The Hall–Kier alpha value is -1.71. The molecular formula is C13H17N3O. The van der Waals surface area contributed by atoms with Crippen molar-refractivity contribution in [2.75, 3.05) is 5.73 Å². The molecule has 1 aromatic carbocycles. The van der Waals surface area contributed by atoms with Crippen LogP contribution in [-0.2, 0) is 0 Å². The Kier molecular flexibility index (Phi) is 2.42. The average Bonchev–Trinajstić information content (AvgIpc) is 2.76. The first kappa shape index (κ1) is 10.4. The fourth-order valence-corrected chi connectivity index (χ4v) is 2.66. The summed E-state index contributed by atoms with van der Waals surface area (Å²) >= 11 is 0. The number of rotatable bonds is 1. The fourth-order valence-electron chi connectivity index (χ4n) is 2.66. The third-order valence-electron chi connectivity index (χ3n) is 3.65. The molecule has 0 amide bonds. The molecule has 0 bridgehead atoms. The first-order valence-electron chi connectivity index (χ1n) is 6.17. The van der Waals surface area contributed by atoms with Crippen molar-refractivity contribution < 1.29 is 5.11 Å². The number of aliphatic imine (C=N–C) groups is 1. The molecule has 4 heteroatoms. The molecule has 2 aliphatic rings. The summed E-state index contributed by atoms with van der Waals surface area (Å²) in [4.78, 5) is 4.70. The first-order valence-corrected chi connectivity index (χ1v) is 6.17. The van der Waals surface area contributed by atoms with Gasteiger partial charge in [0, 0.05) is 11.6 Å². The molecule has 0 aromatic heterocycles. The quantitative estimate of drug-likeness (QED) is 0.508. The second kappa shape index (κ2) is 3.95. The van der Waals surface area contributed by atoms with E-state index < -0.39 is 0 Å². The second-order valence-corrected chi connectivity index (χ2v) is 4.85. The van der Waals surface area contributed by atoms with E-state index in [1.54, 1.807) is 12.1 Å². The van der Waals surface area contributed by atoms with E-state index in [1.165, 1.54) is 25.7 Å². The van der Waals surface area contributed by atoms with E-state index in [4.69, 9.17) is 10.7 Å². The average molecular weight is 231 g/mol. The van der Waals surface area contributed by atoms with Gasteiger partial charge in [0.15, 0.2) is 0 Å². The molecule has 0 radical (unpaired) electrons. The summed E-state index contributed by atoms with van der Waals surface area (Å²) in [5, 5.41) is 13.1. The van der Waals surface area contributed by atoms with Crippen molar-refractivity contribution >= 4 is 11.5 Å². The van der Waals surface area contributed by atoms with Crippen LogP contribution in [0.25, 0.3) is 0 Å². The van der Waals surface area contributed by atoms with Gasteiger partial charge < -0.3 is 16.2 Å². The van der Waals surface area contributed by atoms with Crippen LogP contribution in [0.4, 0.5) is 5.69 Å². The van der Waals surface area contributed by atoms with Gasteiger partial charge >= 0.3 is 0 Å². The number of benzene rings is 1. The highest BCUT2D eigenvalue weighted by molar-refractivity contribution is 6.01. The van der Waals surface area contributed by atoms with Crippen LogP contribution < -0.4 is 11.1 Å². The number of amidine groups is 1. The maximum absolute atomic E-state index is 9.61. The van der Waals surface area contributed by atoms with Crippen LogP contribution in [-0.4, -0.2) is 23.0 Å². The van der Waals surface area contributed by atoms with Crippen molar-refractivity contribution in [2.45, 2.75) is 37.8 Å². The summed E-state index contributed by atoms with van der Waals surface area (Å²) in [6.45, 7) is 0. The number of fused-ring (bicyclic) bond motifs is 1. The summed E-state index contributed by atoms with van der Waals surface area (Å²) in [7, 11) is 0. The molecule has 90 valence electrons. The minimum Gasteiger partial charge on any atom is -0.506 e. The summed E-state index contributed by atoms with van der Waals surface area (Å²) in [5.74, 6) is 1.03. The van der Waals surface area contributed by atoms with Gasteiger partial charge in [-0.1, -0.05) is 12.8 Å². The molecule has 0 saturated heterocycles. The van der Waals surface area contributed by atoms with Gasteiger partial charge in [-0.05, 0) is 31.0 Å². The van der Waals surface area contributed by atoms with Gasteiger partial charge in [0.1, 0.15) is 11.6 Å². The zero-order valence-electron chi connectivity index (χ0n) is 9.69. The lowest BCUT2D eigenvalue weighted by atomic mass is 9.92. The zero-order chi connectivity index (χ0) is 11.8. The number of nitrogens with one attached hydrogen (secondary N) is 1. The predicted molar refractivity (Wildman–Crippen MR) is 68.2 cm³/mol. The van der Waals surface area contributed by atoms with E-state index in [9.17, 15) is 5.11 Å². The maximum atomic E-state index is 9.61. The lowest BCUT2D eigenvalue weighted by Crippen LogP contribution is -2.36. The first-order chi connectivity index (χ1) is 8.24. The Morgan fingerprint density at radius 2 is 2.12 bits per heavy atom. The molecule has 3 rings (SSSR count). The van der Waals surface area contributed by atoms with Crippen molar-refractivity contribution in [1.29, 1.82) is 0 Å². The van der Waals surface area contributed by atoms with E-state index in [2.05, 4.69) is 5.32 Å². The third-order valence-corrected chi connectivity index (χ3v) is 3.65. The minimum atomic E-state index is 0.127. The van der Waals surface area contributed by atoms with Crippen molar-refractivity contribution in [3.8, 4) is 5.75 Å². The maximum Gasteiger partial charge on any atom is 0.139 e. The van der Waals surface area contributed by atoms with Gasteiger partial charge in [-0.15, -0.1) is 0 Å². The smallest absolute Gasteiger partial charge is 0.139 e. The highest BCUT2D eigenvalue weighted by atomic mass is 16.3. The van der Waals surface area contributed by atoms with Crippen LogP contribution in [0.1, 0.15) is 31.2 Å². The van der Waals surface area contributed by atoms with E-state index in [0.29, 0.717) is 17.8 Å². The van der Waals surface area contributed by atoms with E-state index in [1.807, 2.05) is 6.07 Å². The number of hydrogen-bond acceptors (Lipinski definition) is 4. The normalized spacial score (nSPS) is 27.2. The molecule has 4 nitrogen and oxygen atoms in total. The standard InChI is InChI=1S/C13H17N3O/c14-9-6-5-8(7-12(9)17)13-15-10-3-1-2-4-11(10)16-13/h5-7,10-11,17H,1-4,14H2,(H,15,16). The lowest BCUT2D eigenvalue weighted by molar-refractivity contribution is 0.385. The van der Waals surface area contributed by atoms with E-state index in [0.717, 1.165) is 11.4 Å². The van der Waals surface area contributed by atoms with E-state index in [-0.39, 0.29) is 5.75 Å². The lowest BCUT2D eigenvalue weighted by Gasteiger charge is -2.23. The topological polar surface area (TPSA) is 70.6 Å². The zero-order valence-corrected chi connectivity index (χ0v) is 9.69. The Morgan fingerprint density at radius 3 is 2.88 bits per heavy atom. The van der Waals surface area contributed by atoms with Crippen LogP contribution in [0.3, 0.4) is 0 Å². The third kappa shape index (κ3) is 1.84. The number of nitrogens with two attached hydrogens (primary N) is 1. The molecule has 1 heterocycles. The Labute approximate surface area is 101 Å². The van der Waals surface area contributed by atoms with Crippen LogP contribution >= 0.6 is 0 Å². The SMILES string of the molecule is Nc1ccc(C2=NC3CCCCC3N2)cc1O. The molecule has 1 aromatic rings. The second-order valence-electron chi connectivity index (χ2n) is 4.85. The van der Waals surface area contributed by atoms with Crippen LogP contribution in [0.2, 0.25) is 0 Å². The molecule has 1 fully saturated rings. The van der Waals surface area contributed by atoms with Crippen molar-refractivity contribution in [3.05, 3.63) is 23.8 Å². The molecule has 2 atom stereocenters. The van der Waals surface area contributed by atoms with Crippen LogP contribution in [0.15, 0.2) is 23.2 Å². The summed E-state index contributed by atoms with van der Waals surface area (Å²) < 4.78 is 0. The van der Waals surface area contributed by atoms with Crippen LogP contribution in [0.5, 0.6) is 5.75 Å². The summed E-state index contributed by atoms with van der Waals surface area (Å²) in [6.07, 6.45) is 4.91. The van der Waals surface area contributed by atoms with Gasteiger partial charge in [0.2, 0.25) is 0 Å². The summed E-state index contributed by atoms with van der Waals surface area (Å²) in [6, 6.07) is 6.20. The molecule has 1 saturated carbocycles. The number of nitrogen functional groups attached to an aromatic ring is 1. The highest BCUT2D eigenvalue weighted by Gasteiger charge is 2.31. The number of phenols is 1. The number of aromatic hydroxyl groups is 1. The Bertz CT molecular complexity index is 470. The molecular weight excluding hydrogens is 214 g/mol. The minimum absolute atomic E-state index is 0.127. The number of phenolic OH excluding ortho intramolecular Hbond substituents is 1.